The second-order valence-electron chi connectivity index (χ2n) is 4.60. The Bertz CT molecular complexity index is 603. The van der Waals surface area contributed by atoms with Gasteiger partial charge in [-0.15, -0.1) is 11.3 Å². The molecule has 19 heavy (non-hydrogen) atoms. The Hall–Kier alpha value is -1.87. The minimum Gasteiger partial charge on any atom is -0.327 e. The molecule has 1 amide bonds. The van der Waals surface area contributed by atoms with E-state index in [1.165, 1.54) is 22.1 Å². The molecule has 0 radical (unpaired) electrons. The summed E-state index contributed by atoms with van der Waals surface area (Å²) in [6.45, 7) is 4.37. The van der Waals surface area contributed by atoms with Gasteiger partial charge in [-0.05, 0) is 35.1 Å². The predicted molar refractivity (Wildman–Crippen MR) is 78.2 cm³/mol. The van der Waals surface area contributed by atoms with Gasteiger partial charge < -0.3 is 4.90 Å². The van der Waals surface area contributed by atoms with E-state index in [1.807, 2.05) is 17.0 Å². The van der Waals surface area contributed by atoms with Crippen molar-refractivity contribution in [3.8, 4) is 0 Å². The summed E-state index contributed by atoms with van der Waals surface area (Å²) in [7, 11) is 0. The van der Waals surface area contributed by atoms with Crippen molar-refractivity contribution < 1.29 is 4.79 Å². The van der Waals surface area contributed by atoms with Crippen molar-refractivity contribution in [3.05, 3.63) is 70.4 Å². The lowest BCUT2D eigenvalue weighted by molar-refractivity contribution is -0.127. The summed E-state index contributed by atoms with van der Waals surface area (Å²) in [5.41, 5.74) is 2.58. The number of nitrogens with zero attached hydrogens (tertiary/aromatic N) is 1. The van der Waals surface area contributed by atoms with E-state index in [1.54, 1.807) is 11.3 Å². The Morgan fingerprint density at radius 1 is 1.32 bits per heavy atom. The lowest BCUT2D eigenvalue weighted by atomic mass is 9.91. The monoisotopic (exact) mass is 269 g/mol. The Labute approximate surface area is 117 Å². The van der Waals surface area contributed by atoms with Gasteiger partial charge in [-0.3, -0.25) is 4.79 Å². The molecule has 1 aliphatic rings. The van der Waals surface area contributed by atoms with E-state index < -0.39 is 0 Å². The third-order valence-electron chi connectivity index (χ3n) is 3.55. The zero-order valence-electron chi connectivity index (χ0n) is 10.6. The van der Waals surface area contributed by atoms with E-state index in [4.69, 9.17) is 0 Å². The number of benzene rings is 1. The molecule has 3 rings (SSSR count). The lowest BCUT2D eigenvalue weighted by Crippen LogP contribution is -2.39. The molecule has 0 spiro atoms. The first-order valence-corrected chi connectivity index (χ1v) is 7.23. The van der Waals surface area contributed by atoms with Crippen LogP contribution < -0.4 is 0 Å². The van der Waals surface area contributed by atoms with Gasteiger partial charge in [-0.25, -0.2) is 0 Å². The van der Waals surface area contributed by atoms with Crippen LogP contribution in [-0.4, -0.2) is 17.4 Å². The Balaban J connectivity index is 2.11. The van der Waals surface area contributed by atoms with Crippen molar-refractivity contribution in [2.75, 3.05) is 6.54 Å². The molecule has 1 unspecified atom stereocenters. The summed E-state index contributed by atoms with van der Waals surface area (Å²) < 4.78 is 0. The molecule has 96 valence electrons. The summed E-state index contributed by atoms with van der Waals surface area (Å²) in [6, 6.07) is 12.6. The van der Waals surface area contributed by atoms with Crippen molar-refractivity contribution in [3.63, 3.8) is 0 Å². The van der Waals surface area contributed by atoms with Gasteiger partial charge >= 0.3 is 0 Å². The maximum atomic E-state index is 12.1. The predicted octanol–water partition coefficient (Wildman–Crippen LogP) is 3.41. The molecule has 0 aliphatic carbocycles. The second kappa shape index (κ2) is 5.02. The summed E-state index contributed by atoms with van der Waals surface area (Å²) >= 11 is 1.70. The molecular formula is C16H15NOS. The summed E-state index contributed by atoms with van der Waals surface area (Å²) in [6.07, 6.45) is 2.33. The quantitative estimate of drug-likeness (QED) is 0.765. The molecule has 0 N–H and O–H groups in total. The molecule has 0 fully saturated rings. The van der Waals surface area contributed by atoms with Crippen molar-refractivity contribution in [2.45, 2.75) is 12.5 Å². The standard InChI is InChI=1S/C16H15NOS/c1-2-15(18)17-10-9-12-6-3-4-7-13(12)16(17)14-8-5-11-19-14/h2-8,11,16H,1,9-10H2. The summed E-state index contributed by atoms with van der Waals surface area (Å²) in [5.74, 6) is 0.00732. The van der Waals surface area contributed by atoms with Crippen LogP contribution in [0.3, 0.4) is 0 Å². The van der Waals surface area contributed by atoms with E-state index in [0.29, 0.717) is 0 Å². The Kier molecular flexibility index (Phi) is 3.22. The maximum absolute atomic E-state index is 12.1. The van der Waals surface area contributed by atoms with Gasteiger partial charge in [0.05, 0.1) is 6.04 Å². The number of hydrogen-bond donors (Lipinski definition) is 0. The van der Waals surface area contributed by atoms with Crippen LogP contribution in [0, 0.1) is 0 Å². The van der Waals surface area contributed by atoms with Gasteiger partial charge in [-0.1, -0.05) is 36.9 Å². The highest BCUT2D eigenvalue weighted by molar-refractivity contribution is 7.10. The molecule has 2 aromatic rings. The van der Waals surface area contributed by atoms with E-state index >= 15 is 0 Å². The first-order valence-electron chi connectivity index (χ1n) is 6.35. The average molecular weight is 269 g/mol. The smallest absolute Gasteiger partial charge is 0.246 e. The number of carbonyl (C=O) groups excluding carboxylic acids is 1. The average Bonchev–Trinajstić information content (AvgIpc) is 2.99. The number of rotatable bonds is 2. The zero-order chi connectivity index (χ0) is 13.2. The van der Waals surface area contributed by atoms with Gasteiger partial charge in [-0.2, -0.15) is 0 Å². The molecule has 1 atom stereocenters. The minimum atomic E-state index is 0.00732. The summed E-state index contributed by atoms with van der Waals surface area (Å²) in [4.78, 5) is 15.2. The molecule has 0 saturated heterocycles. The van der Waals surface area contributed by atoms with Gasteiger partial charge in [0.25, 0.3) is 0 Å². The molecule has 1 aromatic heterocycles. The Morgan fingerprint density at radius 3 is 2.89 bits per heavy atom. The van der Waals surface area contributed by atoms with Crippen molar-refractivity contribution in [2.24, 2.45) is 0 Å². The number of fused-ring (bicyclic) bond motifs is 1. The van der Waals surface area contributed by atoms with Gasteiger partial charge in [0.15, 0.2) is 0 Å². The summed E-state index contributed by atoms with van der Waals surface area (Å²) in [5, 5.41) is 2.06. The maximum Gasteiger partial charge on any atom is 0.246 e. The third-order valence-corrected chi connectivity index (χ3v) is 4.48. The second-order valence-corrected chi connectivity index (χ2v) is 5.58. The van der Waals surface area contributed by atoms with Gasteiger partial charge in [0.2, 0.25) is 5.91 Å². The molecule has 1 aliphatic heterocycles. The van der Waals surface area contributed by atoms with E-state index in [9.17, 15) is 4.79 Å². The molecule has 1 aromatic carbocycles. The fourth-order valence-electron chi connectivity index (χ4n) is 2.67. The highest BCUT2D eigenvalue weighted by Crippen LogP contribution is 2.37. The van der Waals surface area contributed by atoms with Crippen molar-refractivity contribution in [1.29, 1.82) is 0 Å². The van der Waals surface area contributed by atoms with Gasteiger partial charge in [0, 0.05) is 11.4 Å². The molecular weight excluding hydrogens is 254 g/mol. The van der Waals surface area contributed by atoms with Crippen LogP contribution in [0.2, 0.25) is 0 Å². The zero-order valence-corrected chi connectivity index (χ0v) is 11.4. The highest BCUT2D eigenvalue weighted by atomic mass is 32.1. The lowest BCUT2D eigenvalue weighted by Gasteiger charge is -2.36. The fraction of sp³-hybridized carbons (Fsp3) is 0.188. The molecule has 2 heterocycles. The normalized spacial score (nSPS) is 17.9. The number of carbonyl (C=O) groups is 1. The van der Waals surface area contributed by atoms with Crippen LogP contribution >= 0.6 is 11.3 Å². The van der Waals surface area contributed by atoms with Crippen LogP contribution in [0.25, 0.3) is 0 Å². The SMILES string of the molecule is C=CC(=O)N1CCc2ccccc2C1c1cccs1. The van der Waals surface area contributed by atoms with Crippen molar-refractivity contribution >= 4 is 17.2 Å². The minimum absolute atomic E-state index is 0.00732. The number of amides is 1. The van der Waals surface area contributed by atoms with E-state index in [-0.39, 0.29) is 11.9 Å². The largest absolute Gasteiger partial charge is 0.327 e. The molecule has 0 bridgehead atoms. The number of hydrogen-bond acceptors (Lipinski definition) is 2. The van der Waals surface area contributed by atoms with E-state index in [2.05, 4.69) is 36.2 Å². The first kappa shape index (κ1) is 12.2. The fourth-order valence-corrected chi connectivity index (χ4v) is 3.53. The topological polar surface area (TPSA) is 20.3 Å². The Morgan fingerprint density at radius 2 is 2.16 bits per heavy atom. The third kappa shape index (κ3) is 2.10. The molecule has 0 saturated carbocycles. The highest BCUT2D eigenvalue weighted by Gasteiger charge is 2.31. The van der Waals surface area contributed by atoms with Gasteiger partial charge in [0.1, 0.15) is 0 Å². The van der Waals surface area contributed by atoms with E-state index in [0.717, 1.165) is 13.0 Å². The van der Waals surface area contributed by atoms with Crippen LogP contribution in [0.1, 0.15) is 22.0 Å². The van der Waals surface area contributed by atoms with Crippen molar-refractivity contribution in [1.82, 2.24) is 4.90 Å². The van der Waals surface area contributed by atoms with Crippen LogP contribution in [0.15, 0.2) is 54.4 Å². The molecule has 3 heteroatoms. The van der Waals surface area contributed by atoms with Crippen LogP contribution in [0.5, 0.6) is 0 Å². The van der Waals surface area contributed by atoms with Crippen LogP contribution in [-0.2, 0) is 11.2 Å². The molecule has 2 nitrogen and oxygen atoms in total. The first-order chi connectivity index (χ1) is 9.31. The van der Waals surface area contributed by atoms with Crippen LogP contribution in [0.4, 0.5) is 0 Å². The number of thiophene rings is 1.